The fourth-order valence-corrected chi connectivity index (χ4v) is 1.83. The summed E-state index contributed by atoms with van der Waals surface area (Å²) >= 11 is 0. The van der Waals surface area contributed by atoms with Crippen molar-refractivity contribution in [3.63, 3.8) is 0 Å². The smallest absolute Gasteiger partial charge is 0.306 e. The number of nitrogens with zero attached hydrogens (tertiary/aromatic N) is 2. The number of fused-ring (bicyclic) bond motifs is 1. The van der Waals surface area contributed by atoms with Crippen LogP contribution in [-0.4, -0.2) is 9.38 Å². The molecule has 0 atom stereocenters. The average molecular weight is 264 g/mol. The van der Waals surface area contributed by atoms with E-state index in [1.165, 1.54) is 6.26 Å². The Morgan fingerprint density at radius 3 is 2.63 bits per heavy atom. The Morgan fingerprint density at radius 2 is 1.95 bits per heavy atom. The molecule has 2 aromatic heterocycles. The molecule has 0 spiro atoms. The van der Waals surface area contributed by atoms with E-state index >= 15 is 0 Å². The summed E-state index contributed by atoms with van der Waals surface area (Å²) in [4.78, 5) is 4.13. The standard InChI is InChI=1S/C12H8F2N2O.C2H6/c1-7-11(15-12-16(7)4-5-17-12)9-6-8(13)2-3-10(9)14;1-2/h2-6H,1H3;1-2H3. The lowest BCUT2D eigenvalue weighted by Crippen LogP contribution is -1.89. The Labute approximate surface area is 109 Å². The van der Waals surface area contributed by atoms with E-state index in [1.807, 2.05) is 13.8 Å². The topological polar surface area (TPSA) is 30.4 Å². The van der Waals surface area contributed by atoms with Gasteiger partial charge in [0.15, 0.2) is 0 Å². The van der Waals surface area contributed by atoms with E-state index in [9.17, 15) is 8.78 Å². The molecule has 0 saturated carbocycles. The highest BCUT2D eigenvalue weighted by Gasteiger charge is 2.16. The molecule has 5 heteroatoms. The first-order chi connectivity index (χ1) is 9.16. The maximum absolute atomic E-state index is 13.6. The van der Waals surface area contributed by atoms with Gasteiger partial charge in [0.1, 0.15) is 17.9 Å². The van der Waals surface area contributed by atoms with Gasteiger partial charge in [-0.05, 0) is 25.1 Å². The zero-order chi connectivity index (χ0) is 14.0. The van der Waals surface area contributed by atoms with E-state index in [2.05, 4.69) is 4.98 Å². The van der Waals surface area contributed by atoms with E-state index in [1.54, 1.807) is 17.5 Å². The molecule has 2 heterocycles. The molecule has 0 unspecified atom stereocenters. The third-order valence-corrected chi connectivity index (χ3v) is 2.68. The number of imidazole rings is 1. The molecule has 0 N–H and O–H groups in total. The summed E-state index contributed by atoms with van der Waals surface area (Å²) in [6.45, 7) is 5.77. The van der Waals surface area contributed by atoms with Gasteiger partial charge in [-0.15, -0.1) is 0 Å². The van der Waals surface area contributed by atoms with Crippen molar-refractivity contribution in [1.29, 1.82) is 0 Å². The van der Waals surface area contributed by atoms with E-state index in [-0.39, 0.29) is 5.56 Å². The molecule has 0 bridgehead atoms. The van der Waals surface area contributed by atoms with Crippen molar-refractivity contribution >= 4 is 5.84 Å². The Bertz CT molecular complexity index is 701. The van der Waals surface area contributed by atoms with E-state index in [4.69, 9.17) is 4.42 Å². The highest BCUT2D eigenvalue weighted by Crippen LogP contribution is 2.27. The predicted molar refractivity (Wildman–Crippen MR) is 68.9 cm³/mol. The molecule has 0 aliphatic rings. The first-order valence-corrected chi connectivity index (χ1v) is 6.04. The molecule has 0 fully saturated rings. The van der Waals surface area contributed by atoms with Gasteiger partial charge in [-0.1, -0.05) is 13.8 Å². The van der Waals surface area contributed by atoms with Crippen LogP contribution < -0.4 is 0 Å². The monoisotopic (exact) mass is 264 g/mol. The normalized spacial score (nSPS) is 10.4. The lowest BCUT2D eigenvalue weighted by atomic mass is 10.1. The first kappa shape index (κ1) is 13.3. The summed E-state index contributed by atoms with van der Waals surface area (Å²) in [6, 6.07) is 3.30. The van der Waals surface area contributed by atoms with Gasteiger partial charge >= 0.3 is 5.84 Å². The van der Waals surface area contributed by atoms with Gasteiger partial charge in [-0.25, -0.2) is 8.78 Å². The summed E-state index contributed by atoms with van der Waals surface area (Å²) in [7, 11) is 0. The molecule has 19 heavy (non-hydrogen) atoms. The molecule has 3 rings (SSSR count). The number of hydrogen-bond acceptors (Lipinski definition) is 2. The first-order valence-electron chi connectivity index (χ1n) is 6.04. The van der Waals surface area contributed by atoms with Crippen LogP contribution in [0, 0.1) is 18.6 Å². The minimum absolute atomic E-state index is 0.140. The van der Waals surface area contributed by atoms with Crippen LogP contribution in [0.25, 0.3) is 17.1 Å². The quantitative estimate of drug-likeness (QED) is 0.659. The molecular weight excluding hydrogens is 250 g/mol. The van der Waals surface area contributed by atoms with Crippen LogP contribution in [0.15, 0.2) is 35.1 Å². The van der Waals surface area contributed by atoms with Gasteiger partial charge in [-0.2, -0.15) is 4.98 Å². The van der Waals surface area contributed by atoms with Crippen molar-refractivity contribution in [3.05, 3.63) is 48.0 Å². The lowest BCUT2D eigenvalue weighted by molar-refractivity contribution is 0.594. The molecule has 0 amide bonds. The van der Waals surface area contributed by atoms with Crippen LogP contribution in [0.1, 0.15) is 19.5 Å². The second-order valence-corrected chi connectivity index (χ2v) is 3.73. The van der Waals surface area contributed by atoms with Gasteiger partial charge in [0.2, 0.25) is 0 Å². The van der Waals surface area contributed by atoms with E-state index in [0.29, 0.717) is 17.2 Å². The van der Waals surface area contributed by atoms with Crippen LogP contribution >= 0.6 is 0 Å². The van der Waals surface area contributed by atoms with Crippen molar-refractivity contribution in [1.82, 2.24) is 9.38 Å². The largest absolute Gasteiger partial charge is 0.432 e. The predicted octanol–water partition coefficient (Wildman–Crippen LogP) is 4.21. The number of oxazole rings is 1. The summed E-state index contributed by atoms with van der Waals surface area (Å²) < 4.78 is 33.5. The molecule has 0 saturated heterocycles. The molecule has 0 radical (unpaired) electrons. The fourth-order valence-electron chi connectivity index (χ4n) is 1.83. The second kappa shape index (κ2) is 5.22. The van der Waals surface area contributed by atoms with Gasteiger partial charge in [0.05, 0.1) is 11.4 Å². The van der Waals surface area contributed by atoms with Crippen LogP contribution in [0.4, 0.5) is 8.78 Å². The minimum Gasteiger partial charge on any atom is -0.432 e. The maximum atomic E-state index is 13.6. The second-order valence-electron chi connectivity index (χ2n) is 3.73. The van der Waals surface area contributed by atoms with Gasteiger partial charge < -0.3 is 4.42 Å². The number of aryl methyl sites for hydroxylation is 1. The van der Waals surface area contributed by atoms with E-state index in [0.717, 1.165) is 18.2 Å². The number of benzene rings is 1. The van der Waals surface area contributed by atoms with E-state index < -0.39 is 11.6 Å². The van der Waals surface area contributed by atoms with Gasteiger partial charge in [0.25, 0.3) is 0 Å². The fraction of sp³-hybridized carbons (Fsp3) is 0.214. The maximum Gasteiger partial charge on any atom is 0.306 e. The zero-order valence-electron chi connectivity index (χ0n) is 10.9. The molecule has 0 aliphatic heterocycles. The summed E-state index contributed by atoms with van der Waals surface area (Å²) in [5.74, 6) is -0.637. The van der Waals surface area contributed by atoms with Crippen molar-refractivity contribution in [2.24, 2.45) is 0 Å². The Balaban J connectivity index is 0.000000637. The van der Waals surface area contributed by atoms with Crippen LogP contribution in [0.3, 0.4) is 0 Å². The summed E-state index contributed by atoms with van der Waals surface area (Å²) in [5, 5.41) is 0. The lowest BCUT2D eigenvalue weighted by Gasteiger charge is -2.01. The molecule has 3 nitrogen and oxygen atoms in total. The number of halogens is 2. The third-order valence-electron chi connectivity index (χ3n) is 2.68. The molecular formula is C14H14F2N2O. The zero-order valence-corrected chi connectivity index (χ0v) is 10.9. The number of hydrogen-bond donors (Lipinski definition) is 0. The molecule has 0 aliphatic carbocycles. The van der Waals surface area contributed by atoms with Crippen molar-refractivity contribution in [3.8, 4) is 11.3 Å². The molecule has 1 aromatic carbocycles. The van der Waals surface area contributed by atoms with Crippen LogP contribution in [0.5, 0.6) is 0 Å². The molecule has 100 valence electrons. The highest BCUT2D eigenvalue weighted by atomic mass is 19.1. The number of aromatic nitrogens is 2. The summed E-state index contributed by atoms with van der Waals surface area (Å²) in [6.07, 6.45) is 3.17. The minimum atomic E-state index is -0.504. The Kier molecular flexibility index (Phi) is 3.64. The Hall–Kier alpha value is -2.17. The highest BCUT2D eigenvalue weighted by molar-refractivity contribution is 5.65. The van der Waals surface area contributed by atoms with Crippen LogP contribution in [-0.2, 0) is 0 Å². The molecule has 3 aromatic rings. The average Bonchev–Trinajstić information content (AvgIpc) is 2.99. The van der Waals surface area contributed by atoms with Crippen molar-refractivity contribution in [2.75, 3.05) is 0 Å². The van der Waals surface area contributed by atoms with Gasteiger partial charge in [-0.3, -0.25) is 4.40 Å². The third kappa shape index (κ3) is 2.23. The van der Waals surface area contributed by atoms with Crippen molar-refractivity contribution < 1.29 is 13.2 Å². The number of rotatable bonds is 1. The Morgan fingerprint density at radius 1 is 1.21 bits per heavy atom. The SMILES string of the molecule is CC.Cc1c(-c2cc(F)ccc2F)nc2occn12. The summed E-state index contributed by atoms with van der Waals surface area (Å²) in [5.41, 5.74) is 1.24. The van der Waals surface area contributed by atoms with Gasteiger partial charge in [0, 0.05) is 11.8 Å². The van der Waals surface area contributed by atoms with Crippen LogP contribution in [0.2, 0.25) is 0 Å². The van der Waals surface area contributed by atoms with Crippen molar-refractivity contribution in [2.45, 2.75) is 20.8 Å².